The number of amides is 1. The summed E-state index contributed by atoms with van der Waals surface area (Å²) < 4.78 is 18.6. The lowest BCUT2D eigenvalue weighted by molar-refractivity contribution is -0.117. The lowest BCUT2D eigenvalue weighted by Gasteiger charge is -2.26. The smallest absolute Gasteiger partial charge is 0.294 e. The Morgan fingerprint density at radius 1 is 1.03 bits per heavy atom. The van der Waals surface area contributed by atoms with Crippen molar-refractivity contribution < 1.29 is 28.6 Å². The van der Waals surface area contributed by atoms with Crippen molar-refractivity contribution in [3.63, 3.8) is 0 Å². The molecule has 8 nitrogen and oxygen atoms in total. The zero-order valence-electron chi connectivity index (χ0n) is 21.3. The summed E-state index contributed by atoms with van der Waals surface area (Å²) in [5.41, 5.74) is 2.29. The van der Waals surface area contributed by atoms with Crippen molar-refractivity contribution in [2.45, 2.75) is 6.04 Å². The standard InChI is InChI=1S/C30H23ClN2O6/c1-32-15-21(20-9-4-5-10-22(20)32)26-25(28(35)30(36)33(26)18-7-6-8-19(14-18)37-2)27(34)23-12-16-11-17(31)13-24(38-3)29(16)39-23/h4-15,26,35H,1-3H3. The molecule has 1 unspecified atom stereocenters. The van der Waals surface area contributed by atoms with Gasteiger partial charge in [-0.15, -0.1) is 0 Å². The van der Waals surface area contributed by atoms with Crippen molar-refractivity contribution >= 4 is 50.9 Å². The molecule has 39 heavy (non-hydrogen) atoms. The van der Waals surface area contributed by atoms with Gasteiger partial charge in [-0.2, -0.15) is 0 Å². The van der Waals surface area contributed by atoms with Crippen LogP contribution < -0.4 is 14.4 Å². The zero-order valence-corrected chi connectivity index (χ0v) is 22.0. The number of hydrogen-bond donors (Lipinski definition) is 1. The third-order valence-corrected chi connectivity index (χ3v) is 7.22. The van der Waals surface area contributed by atoms with Gasteiger partial charge in [-0.25, -0.2) is 0 Å². The largest absolute Gasteiger partial charge is 0.503 e. The summed E-state index contributed by atoms with van der Waals surface area (Å²) in [6.07, 6.45) is 1.86. The van der Waals surface area contributed by atoms with E-state index in [9.17, 15) is 14.7 Å². The Labute approximate surface area is 228 Å². The lowest BCUT2D eigenvalue weighted by Crippen LogP contribution is -2.31. The van der Waals surface area contributed by atoms with Crippen LogP contribution in [0.4, 0.5) is 5.69 Å². The predicted octanol–water partition coefficient (Wildman–Crippen LogP) is 6.38. The third-order valence-electron chi connectivity index (χ3n) is 7.00. The highest BCUT2D eigenvalue weighted by atomic mass is 35.5. The van der Waals surface area contributed by atoms with Crippen molar-refractivity contribution in [3.8, 4) is 11.5 Å². The zero-order chi connectivity index (χ0) is 27.4. The second kappa shape index (κ2) is 9.25. The van der Waals surface area contributed by atoms with Gasteiger partial charge in [0.2, 0.25) is 5.78 Å². The highest BCUT2D eigenvalue weighted by molar-refractivity contribution is 6.31. The number of aryl methyl sites for hydroxylation is 1. The van der Waals surface area contributed by atoms with Crippen LogP contribution in [0, 0.1) is 0 Å². The summed E-state index contributed by atoms with van der Waals surface area (Å²) in [5.74, 6) is -1.15. The number of hydrogen-bond acceptors (Lipinski definition) is 6. The number of fused-ring (bicyclic) bond motifs is 2. The molecule has 0 aliphatic carbocycles. The van der Waals surface area contributed by atoms with E-state index < -0.39 is 23.5 Å². The number of anilines is 1. The van der Waals surface area contributed by atoms with E-state index in [1.165, 1.54) is 25.2 Å². The van der Waals surface area contributed by atoms with Gasteiger partial charge in [0, 0.05) is 57.9 Å². The number of carbonyl (C=O) groups is 2. The van der Waals surface area contributed by atoms with Gasteiger partial charge in [0.1, 0.15) is 5.75 Å². The third kappa shape index (κ3) is 3.83. The number of carbonyl (C=O) groups excluding carboxylic acids is 2. The molecule has 6 rings (SSSR count). The number of methoxy groups -OCH3 is 2. The van der Waals surface area contributed by atoms with Gasteiger partial charge in [0.15, 0.2) is 22.9 Å². The molecule has 196 valence electrons. The molecular weight excluding hydrogens is 520 g/mol. The topological polar surface area (TPSA) is 94.1 Å². The van der Waals surface area contributed by atoms with E-state index in [1.54, 1.807) is 36.4 Å². The summed E-state index contributed by atoms with van der Waals surface area (Å²) in [5, 5.41) is 13.0. The number of aromatic nitrogens is 1. The van der Waals surface area contributed by atoms with E-state index in [0.29, 0.717) is 38.7 Å². The summed E-state index contributed by atoms with van der Waals surface area (Å²) in [4.78, 5) is 29.1. The number of rotatable bonds is 6. The van der Waals surface area contributed by atoms with Gasteiger partial charge in [-0.1, -0.05) is 35.9 Å². The number of benzene rings is 3. The monoisotopic (exact) mass is 542 g/mol. The van der Waals surface area contributed by atoms with Crippen LogP contribution >= 0.6 is 11.6 Å². The number of aliphatic hydroxyl groups excluding tert-OH is 1. The van der Waals surface area contributed by atoms with Crippen LogP contribution in [0.1, 0.15) is 22.2 Å². The number of ketones is 1. The predicted molar refractivity (Wildman–Crippen MR) is 148 cm³/mol. The minimum atomic E-state index is -0.943. The molecule has 0 bridgehead atoms. The second-order valence-corrected chi connectivity index (χ2v) is 9.66. The van der Waals surface area contributed by atoms with Gasteiger partial charge < -0.3 is 23.6 Å². The fourth-order valence-electron chi connectivity index (χ4n) is 5.23. The van der Waals surface area contributed by atoms with Crippen molar-refractivity contribution in [1.29, 1.82) is 0 Å². The average Bonchev–Trinajstić information content (AvgIpc) is 3.60. The summed E-state index contributed by atoms with van der Waals surface area (Å²) in [6, 6.07) is 18.4. The van der Waals surface area contributed by atoms with Gasteiger partial charge in [-0.05, 0) is 30.3 Å². The van der Waals surface area contributed by atoms with Crippen molar-refractivity contribution in [3.05, 3.63) is 101 Å². The van der Waals surface area contributed by atoms with Crippen LogP contribution in [0.25, 0.3) is 21.9 Å². The number of para-hydroxylation sites is 1. The fraction of sp³-hybridized carbons (Fsp3) is 0.133. The highest BCUT2D eigenvalue weighted by Crippen LogP contribution is 2.45. The van der Waals surface area contributed by atoms with Crippen molar-refractivity contribution in [1.82, 2.24) is 4.57 Å². The molecule has 1 N–H and O–H groups in total. The second-order valence-electron chi connectivity index (χ2n) is 9.22. The number of ether oxygens (including phenoxy) is 2. The Bertz CT molecular complexity index is 1830. The molecular formula is C30H23ClN2O6. The number of nitrogens with zero attached hydrogens (tertiary/aromatic N) is 2. The average molecular weight is 543 g/mol. The number of halogens is 1. The minimum absolute atomic E-state index is 0.0577. The van der Waals surface area contributed by atoms with E-state index in [4.69, 9.17) is 25.5 Å². The number of Topliss-reactive ketones (excluding diaryl/α,β-unsaturated/α-hetero) is 1. The Morgan fingerprint density at radius 2 is 1.82 bits per heavy atom. The maximum atomic E-state index is 14.1. The van der Waals surface area contributed by atoms with E-state index in [-0.39, 0.29) is 11.3 Å². The molecule has 0 saturated carbocycles. The van der Waals surface area contributed by atoms with Gasteiger partial charge in [-0.3, -0.25) is 14.5 Å². The van der Waals surface area contributed by atoms with Gasteiger partial charge >= 0.3 is 0 Å². The first-order valence-corrected chi connectivity index (χ1v) is 12.5. The van der Waals surface area contributed by atoms with Crippen LogP contribution in [-0.2, 0) is 11.8 Å². The molecule has 1 aliphatic rings. The van der Waals surface area contributed by atoms with Crippen molar-refractivity contribution in [2.24, 2.45) is 7.05 Å². The first-order valence-electron chi connectivity index (χ1n) is 12.1. The Balaban J connectivity index is 1.57. The van der Waals surface area contributed by atoms with Crippen LogP contribution in [0.5, 0.6) is 11.5 Å². The maximum absolute atomic E-state index is 14.1. The van der Waals surface area contributed by atoms with Crippen LogP contribution in [0.3, 0.4) is 0 Å². The van der Waals surface area contributed by atoms with Gasteiger partial charge in [0.05, 0.1) is 25.8 Å². The Hall–Kier alpha value is -4.69. The Kier molecular flexibility index (Phi) is 5.84. The first kappa shape index (κ1) is 24.6. The summed E-state index contributed by atoms with van der Waals surface area (Å²) in [6.45, 7) is 0. The van der Waals surface area contributed by atoms with E-state index in [1.807, 2.05) is 42.1 Å². The van der Waals surface area contributed by atoms with E-state index in [2.05, 4.69) is 0 Å². The molecule has 0 saturated heterocycles. The number of aliphatic hydroxyl groups is 1. The molecule has 1 atom stereocenters. The molecule has 1 amide bonds. The molecule has 3 aromatic carbocycles. The van der Waals surface area contributed by atoms with Crippen LogP contribution in [0.2, 0.25) is 5.02 Å². The molecule has 3 heterocycles. The highest BCUT2D eigenvalue weighted by Gasteiger charge is 2.46. The number of furan rings is 1. The first-order chi connectivity index (χ1) is 18.8. The van der Waals surface area contributed by atoms with Crippen LogP contribution in [0.15, 0.2) is 88.7 Å². The lowest BCUT2D eigenvalue weighted by atomic mass is 9.94. The fourth-order valence-corrected chi connectivity index (χ4v) is 5.45. The SMILES string of the molecule is COc1cccc(N2C(=O)C(O)=C(C(=O)c3cc4cc(Cl)cc(OC)c4o3)C2c2cn(C)c3ccccc23)c1. The van der Waals surface area contributed by atoms with Crippen molar-refractivity contribution in [2.75, 3.05) is 19.1 Å². The molecule has 1 aliphatic heterocycles. The molecule has 5 aromatic rings. The summed E-state index contributed by atoms with van der Waals surface area (Å²) >= 11 is 6.21. The molecule has 2 aromatic heterocycles. The minimum Gasteiger partial charge on any atom is -0.503 e. The molecule has 0 fully saturated rings. The quantitative estimate of drug-likeness (QED) is 0.250. The van der Waals surface area contributed by atoms with E-state index in [0.717, 1.165) is 10.9 Å². The molecule has 0 spiro atoms. The van der Waals surface area contributed by atoms with E-state index >= 15 is 0 Å². The maximum Gasteiger partial charge on any atom is 0.294 e. The van der Waals surface area contributed by atoms with Gasteiger partial charge in [0.25, 0.3) is 5.91 Å². The molecule has 9 heteroatoms. The molecule has 0 radical (unpaired) electrons. The van der Waals surface area contributed by atoms with Crippen LogP contribution in [-0.4, -0.2) is 35.6 Å². The Morgan fingerprint density at radius 3 is 2.59 bits per heavy atom. The summed E-state index contributed by atoms with van der Waals surface area (Å²) in [7, 11) is 4.89. The normalized spacial score (nSPS) is 15.5.